The number of carbonyl (C=O) groups excluding carboxylic acids is 9. The Morgan fingerprint density at radius 2 is 0.410 bits per heavy atom. The number of ether oxygens (including phenoxy) is 9. The van der Waals surface area contributed by atoms with E-state index in [9.17, 15) is 53.1 Å². The van der Waals surface area contributed by atoms with E-state index in [1.165, 1.54) is 69.2 Å². The van der Waals surface area contributed by atoms with E-state index in [1.807, 2.05) is 0 Å². The van der Waals surface area contributed by atoms with Crippen LogP contribution >= 0.6 is 0 Å². The molecule has 0 aromatic rings. The highest BCUT2D eigenvalue weighted by Crippen LogP contribution is 2.13. The third kappa shape index (κ3) is 30.4. The third-order valence-corrected chi connectivity index (χ3v) is 7.55. The van der Waals surface area contributed by atoms with Crippen LogP contribution in [0, 0.1) is 0 Å². The minimum absolute atomic E-state index is 0.230. The molecular formula is C40H62O21. The monoisotopic (exact) mass is 878 g/mol. The number of carbonyl (C=O) groups is 10. The lowest BCUT2D eigenvalue weighted by Gasteiger charge is -2.19. The first-order valence-electron chi connectivity index (χ1n) is 19.9. The van der Waals surface area contributed by atoms with Crippen molar-refractivity contribution in [1.29, 1.82) is 0 Å². The lowest BCUT2D eigenvalue weighted by Crippen LogP contribution is -2.28. The predicted octanol–water partition coefficient (Wildman–Crippen LogP) is 2.74. The standard InChI is InChI=1S/C40H62O21/c1-21(41)11-32(44)54-23(3)13-34(46)56-25(5)15-36(48)58-27(7)17-38(50)60-29(9)19-40(52)61-30(10)20-39(51)59-28(8)18-37(49)57-26(6)16-35(47)55-24(4)14-33(45)53-22(2)12-31(42)43/h21-30,41H,11-20H2,1-10H3,(H,42,43). The summed E-state index contributed by atoms with van der Waals surface area (Å²) in [5.74, 6) is -7.98. The van der Waals surface area contributed by atoms with Crippen LogP contribution < -0.4 is 0 Å². The Morgan fingerprint density at radius 1 is 0.279 bits per heavy atom. The number of aliphatic carboxylic acids is 1. The average Bonchev–Trinajstić information content (AvgIpc) is 3.01. The van der Waals surface area contributed by atoms with Crippen molar-refractivity contribution in [2.75, 3.05) is 0 Å². The number of aliphatic hydroxyl groups excluding tert-OH is 1. The molecule has 0 rings (SSSR count). The summed E-state index contributed by atoms with van der Waals surface area (Å²) in [6.07, 6.45) is -12.4. The van der Waals surface area contributed by atoms with Crippen LogP contribution in [0.4, 0.5) is 0 Å². The number of carboxylic acid groups (broad SMARTS) is 1. The van der Waals surface area contributed by atoms with Crippen LogP contribution in [-0.2, 0) is 90.6 Å². The second-order valence-electron chi connectivity index (χ2n) is 15.0. The molecule has 21 nitrogen and oxygen atoms in total. The number of esters is 9. The summed E-state index contributed by atoms with van der Waals surface area (Å²) in [4.78, 5) is 120. The van der Waals surface area contributed by atoms with Crippen LogP contribution in [0.2, 0.25) is 0 Å². The van der Waals surface area contributed by atoms with E-state index < -0.39 is 121 Å². The number of hydrogen-bond acceptors (Lipinski definition) is 20. The van der Waals surface area contributed by atoms with Crippen LogP contribution in [0.15, 0.2) is 0 Å². The fourth-order valence-electron chi connectivity index (χ4n) is 5.19. The molecule has 0 spiro atoms. The fraction of sp³-hybridized carbons (Fsp3) is 0.750. The summed E-state index contributed by atoms with van der Waals surface area (Å²) in [6, 6.07) is 0. The highest BCUT2D eigenvalue weighted by molar-refractivity contribution is 5.77. The van der Waals surface area contributed by atoms with Crippen LogP contribution in [-0.4, -0.2) is 131 Å². The summed E-state index contributed by atoms with van der Waals surface area (Å²) < 4.78 is 46.2. The zero-order valence-corrected chi connectivity index (χ0v) is 36.5. The van der Waals surface area contributed by atoms with Crippen molar-refractivity contribution in [2.24, 2.45) is 0 Å². The highest BCUT2D eigenvalue weighted by atomic mass is 16.6. The van der Waals surface area contributed by atoms with Crippen LogP contribution in [0.25, 0.3) is 0 Å². The van der Waals surface area contributed by atoms with E-state index in [4.69, 9.17) is 47.7 Å². The van der Waals surface area contributed by atoms with Gasteiger partial charge in [0, 0.05) is 0 Å². The van der Waals surface area contributed by atoms with Crippen molar-refractivity contribution in [3.8, 4) is 0 Å². The first-order valence-corrected chi connectivity index (χ1v) is 19.9. The van der Waals surface area contributed by atoms with Gasteiger partial charge in [0.2, 0.25) is 0 Å². The molecule has 0 fully saturated rings. The van der Waals surface area contributed by atoms with Gasteiger partial charge < -0.3 is 52.8 Å². The summed E-state index contributed by atoms with van der Waals surface area (Å²) in [6.45, 7) is 14.3. The van der Waals surface area contributed by atoms with Gasteiger partial charge in [0.05, 0.1) is 70.3 Å². The highest BCUT2D eigenvalue weighted by Gasteiger charge is 2.26. The third-order valence-electron chi connectivity index (χ3n) is 7.55. The summed E-state index contributed by atoms with van der Waals surface area (Å²) in [7, 11) is 0. The van der Waals surface area contributed by atoms with Gasteiger partial charge in [-0.15, -0.1) is 0 Å². The average molecular weight is 879 g/mol. The van der Waals surface area contributed by atoms with Gasteiger partial charge in [-0.25, -0.2) is 0 Å². The fourth-order valence-corrected chi connectivity index (χ4v) is 5.19. The maximum Gasteiger partial charge on any atom is 0.309 e. The van der Waals surface area contributed by atoms with Crippen LogP contribution in [0.3, 0.4) is 0 Å². The number of rotatable bonds is 29. The smallest absolute Gasteiger partial charge is 0.309 e. The van der Waals surface area contributed by atoms with Crippen molar-refractivity contribution >= 4 is 59.7 Å². The van der Waals surface area contributed by atoms with Gasteiger partial charge in [-0.05, 0) is 69.2 Å². The minimum atomic E-state index is -1.14. The number of hydrogen-bond donors (Lipinski definition) is 2. The molecule has 0 aliphatic rings. The molecule has 21 heteroatoms. The zero-order chi connectivity index (χ0) is 47.0. The van der Waals surface area contributed by atoms with E-state index in [0.717, 1.165) is 0 Å². The maximum atomic E-state index is 12.4. The van der Waals surface area contributed by atoms with Gasteiger partial charge in [0.1, 0.15) is 54.9 Å². The zero-order valence-electron chi connectivity index (χ0n) is 36.5. The second kappa shape index (κ2) is 29.0. The van der Waals surface area contributed by atoms with Crippen LogP contribution in [0.1, 0.15) is 133 Å². The lowest BCUT2D eigenvalue weighted by atomic mass is 10.2. The first-order chi connectivity index (χ1) is 28.2. The largest absolute Gasteiger partial charge is 0.481 e. The Bertz CT molecular complexity index is 1490. The Hall–Kier alpha value is -5.34. The maximum absolute atomic E-state index is 12.4. The molecule has 348 valence electrons. The first kappa shape index (κ1) is 55.7. The van der Waals surface area contributed by atoms with Crippen molar-refractivity contribution in [2.45, 2.75) is 194 Å². The Balaban J connectivity index is 4.46. The molecule has 0 saturated heterocycles. The van der Waals surface area contributed by atoms with Gasteiger partial charge in [-0.1, -0.05) is 0 Å². The van der Waals surface area contributed by atoms with Gasteiger partial charge in [0.15, 0.2) is 0 Å². The molecule has 10 unspecified atom stereocenters. The van der Waals surface area contributed by atoms with Crippen LogP contribution in [0.5, 0.6) is 0 Å². The molecule has 0 aromatic heterocycles. The van der Waals surface area contributed by atoms with Crippen molar-refractivity contribution in [3.05, 3.63) is 0 Å². The number of aliphatic hydroxyl groups is 1. The van der Waals surface area contributed by atoms with Crippen molar-refractivity contribution < 1.29 is 101 Å². The molecule has 0 heterocycles. The van der Waals surface area contributed by atoms with E-state index in [-0.39, 0.29) is 64.2 Å². The lowest BCUT2D eigenvalue weighted by molar-refractivity contribution is -0.164. The molecular weight excluding hydrogens is 816 g/mol. The van der Waals surface area contributed by atoms with Gasteiger partial charge >= 0.3 is 59.7 Å². The quantitative estimate of drug-likeness (QED) is 0.0806. The molecule has 2 N–H and O–H groups in total. The van der Waals surface area contributed by atoms with Crippen molar-refractivity contribution in [3.63, 3.8) is 0 Å². The van der Waals surface area contributed by atoms with Gasteiger partial charge in [-0.2, -0.15) is 0 Å². The Morgan fingerprint density at radius 3 is 0.541 bits per heavy atom. The molecule has 0 bridgehead atoms. The molecule has 10 atom stereocenters. The molecule has 0 aliphatic carbocycles. The predicted molar refractivity (Wildman–Crippen MR) is 205 cm³/mol. The van der Waals surface area contributed by atoms with E-state index in [2.05, 4.69) is 0 Å². The second-order valence-corrected chi connectivity index (χ2v) is 15.0. The minimum Gasteiger partial charge on any atom is -0.481 e. The van der Waals surface area contributed by atoms with Gasteiger partial charge in [0.25, 0.3) is 0 Å². The summed E-state index contributed by atoms with van der Waals surface area (Å²) in [5.41, 5.74) is 0. The van der Waals surface area contributed by atoms with E-state index in [0.29, 0.717) is 0 Å². The SMILES string of the molecule is CC(O)CC(=O)OC(C)CC(=O)OC(C)CC(=O)OC(C)CC(=O)OC(C)CC(=O)OC(C)CC(=O)OC(C)CC(=O)OC(C)CC(=O)OC(C)CC(=O)OC(C)CC(=O)O. The Labute approximate surface area is 354 Å². The molecule has 0 aromatic carbocycles. The van der Waals surface area contributed by atoms with E-state index in [1.54, 1.807) is 0 Å². The normalized spacial score (nSPS) is 15.9. The summed E-state index contributed by atoms with van der Waals surface area (Å²) in [5, 5.41) is 18.0. The summed E-state index contributed by atoms with van der Waals surface area (Å²) >= 11 is 0. The molecule has 0 aliphatic heterocycles. The van der Waals surface area contributed by atoms with Crippen molar-refractivity contribution in [1.82, 2.24) is 0 Å². The molecule has 0 amide bonds. The van der Waals surface area contributed by atoms with Gasteiger partial charge in [-0.3, -0.25) is 47.9 Å². The molecule has 0 saturated carbocycles. The molecule has 61 heavy (non-hydrogen) atoms. The topological polar surface area (TPSA) is 294 Å². The molecule has 0 radical (unpaired) electrons. The Kier molecular flexibility index (Phi) is 26.5. The number of carboxylic acids is 1. The van der Waals surface area contributed by atoms with E-state index >= 15 is 0 Å².